The van der Waals surface area contributed by atoms with Crippen LogP contribution in [0.15, 0.2) is 60.7 Å². The van der Waals surface area contributed by atoms with Gasteiger partial charge in [0.2, 0.25) is 0 Å². The van der Waals surface area contributed by atoms with Crippen molar-refractivity contribution in [2.75, 3.05) is 32.9 Å². The first-order valence-electron chi connectivity index (χ1n) is 12.1. The van der Waals surface area contributed by atoms with Crippen LogP contribution in [-0.2, 0) is 0 Å². The highest BCUT2D eigenvalue weighted by molar-refractivity contribution is 5.95. The van der Waals surface area contributed by atoms with Gasteiger partial charge in [-0.05, 0) is 73.5 Å². The Kier molecular flexibility index (Phi) is 6.83. The van der Waals surface area contributed by atoms with Gasteiger partial charge in [-0.15, -0.1) is 0 Å². The number of ether oxygens (including phenoxy) is 2. The van der Waals surface area contributed by atoms with Crippen molar-refractivity contribution >= 4 is 11.1 Å². The standard InChI is InChI=1S/C29H29F2NO4/c1-18-25-14-21(33)5-9-27(25)36-29(28(18)24-8-4-22(34)15-26(24)31)20-2-6-23(7-3-20)35-13-12-32-11-10-19(16-30)17-32/h2-9,14-15,19,29,33-34H,10-13,16-17H2,1H3. The van der Waals surface area contributed by atoms with E-state index in [1.165, 1.54) is 12.1 Å². The normalized spacial score (nSPS) is 19.8. The second kappa shape index (κ2) is 10.2. The average molecular weight is 494 g/mol. The number of allylic oxidation sites excluding steroid dienone is 1. The van der Waals surface area contributed by atoms with Crippen molar-refractivity contribution in [1.82, 2.24) is 4.90 Å². The number of nitrogens with zero attached hydrogens (tertiary/aromatic N) is 1. The lowest BCUT2D eigenvalue weighted by Gasteiger charge is -2.31. The van der Waals surface area contributed by atoms with E-state index in [9.17, 15) is 19.0 Å². The fourth-order valence-electron chi connectivity index (χ4n) is 5.02. The fourth-order valence-corrected chi connectivity index (χ4v) is 5.02. The van der Waals surface area contributed by atoms with Gasteiger partial charge in [0, 0.05) is 41.8 Å². The molecule has 2 N–H and O–H groups in total. The van der Waals surface area contributed by atoms with E-state index in [1.54, 1.807) is 18.2 Å². The Balaban J connectivity index is 1.39. The Hall–Kier alpha value is -3.58. The topological polar surface area (TPSA) is 62.2 Å². The Morgan fingerprint density at radius 3 is 2.47 bits per heavy atom. The number of phenolic OH excluding ortho intramolecular Hbond substituents is 2. The Bertz CT molecular complexity index is 1270. The molecule has 2 aliphatic rings. The third-order valence-corrected chi connectivity index (χ3v) is 6.97. The van der Waals surface area contributed by atoms with E-state index in [1.807, 2.05) is 31.2 Å². The summed E-state index contributed by atoms with van der Waals surface area (Å²) in [5, 5.41) is 19.7. The van der Waals surface area contributed by atoms with Gasteiger partial charge in [-0.3, -0.25) is 9.29 Å². The summed E-state index contributed by atoms with van der Waals surface area (Å²) >= 11 is 0. The lowest BCUT2D eigenvalue weighted by Crippen LogP contribution is -2.26. The van der Waals surface area contributed by atoms with Crippen LogP contribution in [0.2, 0.25) is 0 Å². The molecule has 2 unspecified atom stereocenters. The van der Waals surface area contributed by atoms with Crippen LogP contribution in [0.25, 0.3) is 11.1 Å². The van der Waals surface area contributed by atoms with Crippen LogP contribution in [0.4, 0.5) is 8.78 Å². The molecule has 0 saturated carbocycles. The highest BCUT2D eigenvalue weighted by atomic mass is 19.1. The lowest BCUT2D eigenvalue weighted by molar-refractivity contribution is 0.228. The largest absolute Gasteiger partial charge is 0.508 e. The maximum atomic E-state index is 15.0. The predicted molar refractivity (Wildman–Crippen MR) is 134 cm³/mol. The molecule has 5 rings (SSSR count). The lowest BCUT2D eigenvalue weighted by atomic mass is 9.86. The molecule has 2 heterocycles. The molecule has 0 radical (unpaired) electrons. The zero-order valence-corrected chi connectivity index (χ0v) is 20.1. The molecule has 2 atom stereocenters. The summed E-state index contributed by atoms with van der Waals surface area (Å²) in [5.41, 5.74) is 3.22. The number of rotatable bonds is 7. The second-order valence-corrected chi connectivity index (χ2v) is 9.41. The van der Waals surface area contributed by atoms with Crippen molar-refractivity contribution in [1.29, 1.82) is 0 Å². The van der Waals surface area contributed by atoms with Crippen LogP contribution >= 0.6 is 0 Å². The van der Waals surface area contributed by atoms with Crippen LogP contribution in [0, 0.1) is 11.7 Å². The maximum absolute atomic E-state index is 15.0. The van der Waals surface area contributed by atoms with Crippen molar-refractivity contribution in [3.8, 4) is 23.0 Å². The molecule has 0 spiro atoms. The van der Waals surface area contributed by atoms with E-state index in [0.29, 0.717) is 34.8 Å². The Morgan fingerprint density at radius 2 is 1.75 bits per heavy atom. The van der Waals surface area contributed by atoms with E-state index < -0.39 is 11.9 Å². The molecule has 188 valence electrons. The van der Waals surface area contributed by atoms with Crippen LogP contribution in [0.3, 0.4) is 0 Å². The van der Waals surface area contributed by atoms with Crippen LogP contribution < -0.4 is 9.47 Å². The van der Waals surface area contributed by atoms with E-state index in [2.05, 4.69) is 4.90 Å². The SMILES string of the molecule is CC1=C(c2ccc(O)cc2F)C(c2ccc(OCCN3CCC(CF)C3)cc2)Oc2ccc(O)cc21. The highest BCUT2D eigenvalue weighted by Crippen LogP contribution is 2.48. The Morgan fingerprint density at radius 1 is 1.00 bits per heavy atom. The summed E-state index contributed by atoms with van der Waals surface area (Å²) < 4.78 is 40.1. The first-order chi connectivity index (χ1) is 17.4. The third kappa shape index (κ3) is 4.88. The van der Waals surface area contributed by atoms with Crippen molar-refractivity contribution in [2.24, 2.45) is 5.92 Å². The van der Waals surface area contributed by atoms with Crippen molar-refractivity contribution in [3.05, 3.63) is 83.2 Å². The summed E-state index contributed by atoms with van der Waals surface area (Å²) in [4.78, 5) is 2.22. The summed E-state index contributed by atoms with van der Waals surface area (Å²) in [6.07, 6.45) is 0.295. The van der Waals surface area contributed by atoms with Crippen LogP contribution in [0.5, 0.6) is 23.0 Å². The van der Waals surface area contributed by atoms with Crippen LogP contribution in [-0.4, -0.2) is 48.0 Å². The summed E-state index contributed by atoms with van der Waals surface area (Å²) in [5.74, 6) is 0.819. The highest BCUT2D eigenvalue weighted by Gasteiger charge is 2.31. The first-order valence-corrected chi connectivity index (χ1v) is 12.1. The maximum Gasteiger partial charge on any atom is 0.150 e. The van der Waals surface area contributed by atoms with Gasteiger partial charge < -0.3 is 19.7 Å². The third-order valence-electron chi connectivity index (χ3n) is 6.97. The van der Waals surface area contributed by atoms with Crippen molar-refractivity contribution in [3.63, 3.8) is 0 Å². The summed E-state index contributed by atoms with van der Waals surface area (Å²) in [6, 6.07) is 16.4. The molecule has 3 aromatic carbocycles. The van der Waals surface area contributed by atoms with Gasteiger partial charge in [0.05, 0.1) is 6.67 Å². The summed E-state index contributed by atoms with van der Waals surface area (Å²) in [7, 11) is 0. The molecular weight excluding hydrogens is 464 g/mol. The monoisotopic (exact) mass is 493 g/mol. The number of halogens is 2. The number of aromatic hydroxyl groups is 2. The van der Waals surface area contributed by atoms with Gasteiger partial charge in [0.15, 0.2) is 0 Å². The van der Waals surface area contributed by atoms with Crippen LogP contribution in [0.1, 0.15) is 36.1 Å². The quantitative estimate of drug-likeness (QED) is 0.425. The molecule has 7 heteroatoms. The predicted octanol–water partition coefficient (Wildman–Crippen LogP) is 5.97. The minimum Gasteiger partial charge on any atom is -0.508 e. The molecule has 3 aromatic rings. The number of benzene rings is 3. The van der Waals surface area contributed by atoms with Gasteiger partial charge in [0.1, 0.15) is 41.5 Å². The van der Waals surface area contributed by atoms with E-state index in [4.69, 9.17) is 9.47 Å². The van der Waals surface area contributed by atoms with Gasteiger partial charge in [0.25, 0.3) is 0 Å². The van der Waals surface area contributed by atoms with Gasteiger partial charge in [-0.1, -0.05) is 12.1 Å². The molecule has 2 aliphatic heterocycles. The minimum atomic E-state index is -0.600. The molecule has 1 saturated heterocycles. The number of hydrogen-bond acceptors (Lipinski definition) is 5. The zero-order valence-electron chi connectivity index (χ0n) is 20.1. The molecular formula is C29H29F2NO4. The number of likely N-dealkylation sites (tertiary alicyclic amines) is 1. The number of fused-ring (bicyclic) bond motifs is 1. The van der Waals surface area contributed by atoms with Gasteiger partial charge in [-0.2, -0.15) is 0 Å². The molecule has 0 amide bonds. The van der Waals surface area contributed by atoms with E-state index in [0.717, 1.165) is 43.3 Å². The first kappa shape index (κ1) is 24.1. The number of phenols is 2. The van der Waals surface area contributed by atoms with E-state index >= 15 is 0 Å². The van der Waals surface area contributed by atoms with E-state index in [-0.39, 0.29) is 24.1 Å². The molecule has 5 nitrogen and oxygen atoms in total. The smallest absolute Gasteiger partial charge is 0.150 e. The molecule has 0 aromatic heterocycles. The van der Waals surface area contributed by atoms with Crippen molar-refractivity contribution in [2.45, 2.75) is 19.4 Å². The fraction of sp³-hybridized carbons (Fsp3) is 0.310. The number of hydrogen-bond donors (Lipinski definition) is 2. The average Bonchev–Trinajstić information content (AvgIpc) is 3.33. The Labute approximate surface area is 209 Å². The molecule has 0 aliphatic carbocycles. The van der Waals surface area contributed by atoms with Gasteiger partial charge >= 0.3 is 0 Å². The molecule has 0 bridgehead atoms. The second-order valence-electron chi connectivity index (χ2n) is 9.41. The van der Waals surface area contributed by atoms with Crippen molar-refractivity contribution < 1.29 is 28.5 Å². The summed E-state index contributed by atoms with van der Waals surface area (Å²) in [6.45, 7) is 4.55. The molecule has 36 heavy (non-hydrogen) atoms. The minimum absolute atomic E-state index is 0.0938. The molecule has 1 fully saturated rings. The zero-order chi connectivity index (χ0) is 25.2. The van der Waals surface area contributed by atoms with Gasteiger partial charge in [-0.25, -0.2) is 4.39 Å². The number of alkyl halides is 1.